The topological polar surface area (TPSA) is 58.9 Å². The molecule has 3 aliphatic rings. The van der Waals surface area contributed by atoms with E-state index in [-0.39, 0.29) is 11.5 Å². The third kappa shape index (κ3) is 3.08. The molecule has 0 unspecified atom stereocenters. The van der Waals surface area contributed by atoms with Crippen molar-refractivity contribution >= 4 is 0 Å². The first-order valence-corrected chi connectivity index (χ1v) is 11.9. The Morgan fingerprint density at radius 2 is 0.778 bits per heavy atom. The fourth-order valence-corrected chi connectivity index (χ4v) is 5.38. The molecule has 2 aliphatic heterocycles. The Morgan fingerprint density at radius 1 is 0.417 bits per heavy atom. The van der Waals surface area contributed by atoms with Gasteiger partial charge in [0.15, 0.2) is 0 Å². The van der Waals surface area contributed by atoms with Crippen LogP contribution in [0.4, 0.5) is 0 Å². The van der Waals surface area contributed by atoms with Crippen LogP contribution in [0.1, 0.15) is 11.1 Å². The van der Waals surface area contributed by atoms with Crippen molar-refractivity contribution < 1.29 is 19.7 Å². The van der Waals surface area contributed by atoms with E-state index in [2.05, 4.69) is 24.3 Å². The molecule has 0 atom stereocenters. The van der Waals surface area contributed by atoms with Gasteiger partial charge in [-0.05, 0) is 56.3 Å². The third-order valence-corrected chi connectivity index (χ3v) is 7.03. The van der Waals surface area contributed by atoms with Crippen LogP contribution in [0.3, 0.4) is 0 Å². The highest BCUT2D eigenvalue weighted by atomic mass is 16.5. The van der Waals surface area contributed by atoms with Gasteiger partial charge in [0, 0.05) is 20.9 Å². The fraction of sp³-hybridized carbons (Fsp3) is 0.0625. The van der Waals surface area contributed by atoms with Crippen molar-refractivity contribution in [2.24, 2.45) is 0 Å². The van der Waals surface area contributed by atoms with Crippen molar-refractivity contribution in [3.63, 3.8) is 0 Å². The Labute approximate surface area is 205 Å². The molecule has 0 saturated heterocycles. The van der Waals surface area contributed by atoms with Crippen LogP contribution in [0, 0.1) is 41.7 Å². The second kappa shape index (κ2) is 7.92. The number of phenolic OH excluding ortho intramolecular Hbond substituents is 2. The van der Waals surface area contributed by atoms with Crippen LogP contribution in [0.15, 0.2) is 97.1 Å². The molecule has 2 heterocycles. The normalized spacial score (nSPS) is 16.9. The summed E-state index contributed by atoms with van der Waals surface area (Å²) in [6.07, 6.45) is 0. The van der Waals surface area contributed by atoms with Gasteiger partial charge in [-0.15, -0.1) is 0 Å². The lowest BCUT2D eigenvalue weighted by Gasteiger charge is -2.14. The Kier molecular flexibility index (Phi) is 4.55. The summed E-state index contributed by atoms with van der Waals surface area (Å²) in [5.74, 6) is 1.68. The predicted molar refractivity (Wildman–Crippen MR) is 135 cm³/mol. The number of benzene rings is 5. The second-order valence-electron chi connectivity index (χ2n) is 9.15. The van der Waals surface area contributed by atoms with Crippen LogP contribution >= 0.6 is 0 Å². The Balaban J connectivity index is 1.88. The zero-order valence-electron chi connectivity index (χ0n) is 19.4. The molecule has 4 heteroatoms. The van der Waals surface area contributed by atoms with Gasteiger partial charge in [-0.1, -0.05) is 72.8 Å². The van der Waals surface area contributed by atoms with Gasteiger partial charge in [0.2, 0.25) is 0 Å². The number of phenols is 2. The molecule has 0 saturated carbocycles. The molecule has 1 aliphatic carbocycles. The molecule has 0 radical (unpaired) electrons. The molecule has 5 aromatic carbocycles. The average molecular weight is 471 g/mol. The van der Waals surface area contributed by atoms with Crippen LogP contribution in [0.5, 0.6) is 23.0 Å². The lowest BCUT2D eigenvalue weighted by atomic mass is 10.00. The second-order valence-corrected chi connectivity index (χ2v) is 9.15. The number of hydrogen-bond donors (Lipinski definition) is 2. The first kappa shape index (κ1) is 20.7. The van der Waals surface area contributed by atoms with Crippen molar-refractivity contribution in [3.05, 3.63) is 150 Å². The molecule has 0 fully saturated rings. The van der Waals surface area contributed by atoms with E-state index in [0.29, 0.717) is 23.7 Å². The Bertz CT molecular complexity index is 1920. The zero-order valence-corrected chi connectivity index (χ0v) is 19.4. The molecule has 8 rings (SSSR count). The minimum atomic E-state index is 0.109. The van der Waals surface area contributed by atoms with Gasteiger partial charge in [-0.25, -0.2) is 0 Å². The molecule has 36 heavy (non-hydrogen) atoms. The van der Waals surface area contributed by atoms with Crippen molar-refractivity contribution in [2.75, 3.05) is 0 Å². The minimum Gasteiger partial charge on any atom is -0.507 e. The summed E-state index contributed by atoms with van der Waals surface area (Å²) in [5.41, 5.74) is 2.15. The molecule has 5 aromatic rings. The van der Waals surface area contributed by atoms with E-state index in [1.807, 2.05) is 60.7 Å². The third-order valence-electron chi connectivity index (χ3n) is 7.03. The average Bonchev–Trinajstić information content (AvgIpc) is 2.89. The first-order chi connectivity index (χ1) is 17.7. The van der Waals surface area contributed by atoms with E-state index < -0.39 is 0 Å². The molecule has 0 aromatic heterocycles. The van der Waals surface area contributed by atoms with Crippen LogP contribution in [0.2, 0.25) is 0 Å². The predicted octanol–water partition coefficient (Wildman–Crippen LogP) is 6.03. The van der Waals surface area contributed by atoms with Gasteiger partial charge in [-0.3, -0.25) is 0 Å². The smallest absolute Gasteiger partial charge is 0.128 e. The Hall–Kier alpha value is -4.70. The highest BCUT2D eigenvalue weighted by Crippen LogP contribution is 2.29. The van der Waals surface area contributed by atoms with Crippen molar-refractivity contribution in [2.45, 2.75) is 13.2 Å². The molecular formula is C32H22O4. The minimum absolute atomic E-state index is 0.109. The summed E-state index contributed by atoms with van der Waals surface area (Å²) in [6, 6.07) is 31.1. The summed E-state index contributed by atoms with van der Waals surface area (Å²) in [4.78, 5) is 0. The largest absolute Gasteiger partial charge is 0.507 e. The summed E-state index contributed by atoms with van der Waals surface area (Å²) in [6.45, 7) is 0.860. The maximum absolute atomic E-state index is 11.1. The van der Waals surface area contributed by atoms with Crippen LogP contribution in [0.25, 0.3) is 0 Å². The van der Waals surface area contributed by atoms with E-state index in [1.54, 1.807) is 12.1 Å². The maximum Gasteiger partial charge on any atom is 0.128 e. The lowest BCUT2D eigenvalue weighted by molar-refractivity contribution is 0.295. The highest BCUT2D eigenvalue weighted by molar-refractivity contribution is 5.44. The SMILES string of the molecule is Oc1cccc2/c1=c1/c(O)ccc/c1=c1\cccc3\c1=c1/c(ccc/c1=2)OCc1ccc(cc1)CO3. The Morgan fingerprint density at radius 3 is 1.19 bits per heavy atom. The van der Waals surface area contributed by atoms with Crippen molar-refractivity contribution in [1.82, 2.24) is 0 Å². The summed E-state index contributed by atoms with van der Waals surface area (Å²) in [5, 5.41) is 28.6. The summed E-state index contributed by atoms with van der Waals surface area (Å²) in [7, 11) is 0. The number of rotatable bonds is 0. The highest BCUT2D eigenvalue weighted by Gasteiger charge is 2.12. The molecule has 4 nitrogen and oxygen atoms in total. The van der Waals surface area contributed by atoms with E-state index in [0.717, 1.165) is 53.9 Å². The molecule has 2 bridgehead atoms. The summed E-state index contributed by atoms with van der Waals surface area (Å²) >= 11 is 0. The summed E-state index contributed by atoms with van der Waals surface area (Å²) < 4.78 is 12.9. The number of aromatic hydroxyl groups is 2. The molecule has 0 amide bonds. The van der Waals surface area contributed by atoms with E-state index in [4.69, 9.17) is 9.47 Å². The van der Waals surface area contributed by atoms with Gasteiger partial charge in [0.25, 0.3) is 0 Å². The quantitative estimate of drug-likeness (QED) is 0.285. The number of fused-ring (bicyclic) bond motifs is 6. The van der Waals surface area contributed by atoms with Gasteiger partial charge in [0.05, 0.1) is 0 Å². The van der Waals surface area contributed by atoms with Crippen LogP contribution in [-0.2, 0) is 13.2 Å². The molecule has 174 valence electrons. The first-order valence-electron chi connectivity index (χ1n) is 11.9. The van der Waals surface area contributed by atoms with E-state index in [1.165, 1.54) is 0 Å². The van der Waals surface area contributed by atoms with Gasteiger partial charge in [0.1, 0.15) is 36.2 Å². The van der Waals surface area contributed by atoms with Crippen molar-refractivity contribution in [3.8, 4) is 23.0 Å². The maximum atomic E-state index is 11.1. The van der Waals surface area contributed by atoms with Crippen LogP contribution in [-0.4, -0.2) is 10.2 Å². The van der Waals surface area contributed by atoms with Gasteiger partial charge >= 0.3 is 0 Å². The fourth-order valence-electron chi connectivity index (χ4n) is 5.38. The van der Waals surface area contributed by atoms with Crippen molar-refractivity contribution in [1.29, 1.82) is 0 Å². The van der Waals surface area contributed by atoms with Gasteiger partial charge in [-0.2, -0.15) is 0 Å². The van der Waals surface area contributed by atoms with Gasteiger partial charge < -0.3 is 19.7 Å². The number of ether oxygens (including phenoxy) is 2. The molecular weight excluding hydrogens is 448 g/mol. The number of hydrogen-bond acceptors (Lipinski definition) is 4. The standard InChI is InChI=1S/C32H22O4/c33-25-9-1-5-21-23-7-3-11-27-31(23)32-24(22-6-2-10-26(34)30(22)29(21)25)8-4-12-28(32)36-18-20-15-13-19(14-16-20)17-35-27/h1-16,33-34H,17-18H2/b23-21-,24-22-,30-29-,32-31-. The zero-order chi connectivity index (χ0) is 24.2. The van der Waals surface area contributed by atoms with E-state index >= 15 is 0 Å². The van der Waals surface area contributed by atoms with Crippen LogP contribution < -0.4 is 9.47 Å². The lowest BCUT2D eigenvalue weighted by Crippen LogP contribution is -2.03. The molecule has 0 spiro atoms. The van der Waals surface area contributed by atoms with E-state index in [9.17, 15) is 10.2 Å². The molecule has 2 N–H and O–H groups in total. The monoisotopic (exact) mass is 470 g/mol.